The maximum Gasteiger partial charge on any atom is 0.239 e. The fourth-order valence-electron chi connectivity index (χ4n) is 0.813. The Morgan fingerprint density at radius 1 is 1.43 bits per heavy atom. The van der Waals surface area contributed by atoms with Gasteiger partial charge in [-0.1, -0.05) is 13.3 Å². The molecule has 0 saturated carbocycles. The van der Waals surface area contributed by atoms with Crippen LogP contribution in [0.5, 0.6) is 0 Å². The summed E-state index contributed by atoms with van der Waals surface area (Å²) in [5, 5.41) is 2.71. The van der Waals surface area contributed by atoms with Gasteiger partial charge < -0.3 is 15.8 Å². The summed E-state index contributed by atoms with van der Waals surface area (Å²) >= 11 is 0. The van der Waals surface area contributed by atoms with Crippen LogP contribution in [0, 0.1) is 0 Å². The minimum absolute atomic E-state index is 0.142. The van der Waals surface area contributed by atoms with Gasteiger partial charge in [0.1, 0.15) is 0 Å². The first-order chi connectivity index (χ1) is 6.48. The molecule has 1 amide bonds. The Morgan fingerprint density at radius 2 is 2.07 bits per heavy atom. The summed E-state index contributed by atoms with van der Waals surface area (Å²) in [5.41, 5.74) is 4.79. The molecule has 0 aliphatic carbocycles. The molecule has 0 rings (SSSR count). The molecule has 0 aliphatic heterocycles. The lowest BCUT2D eigenvalue weighted by Crippen LogP contribution is -2.49. The van der Waals surface area contributed by atoms with Crippen molar-refractivity contribution >= 4 is 5.91 Å². The minimum Gasteiger partial charge on any atom is -0.380 e. The van der Waals surface area contributed by atoms with Gasteiger partial charge in [-0.25, -0.2) is 0 Å². The van der Waals surface area contributed by atoms with E-state index in [1.807, 2.05) is 0 Å². The van der Waals surface area contributed by atoms with Crippen molar-refractivity contribution in [1.82, 2.24) is 5.32 Å². The fourth-order valence-corrected chi connectivity index (χ4v) is 0.813. The van der Waals surface area contributed by atoms with Crippen LogP contribution < -0.4 is 11.1 Å². The second kappa shape index (κ2) is 6.79. The van der Waals surface area contributed by atoms with E-state index in [-0.39, 0.29) is 5.91 Å². The van der Waals surface area contributed by atoms with E-state index in [0.29, 0.717) is 13.2 Å². The summed E-state index contributed by atoms with van der Waals surface area (Å²) in [6, 6.07) is 0. The smallest absolute Gasteiger partial charge is 0.239 e. The quantitative estimate of drug-likeness (QED) is 0.596. The molecule has 4 heteroatoms. The van der Waals surface area contributed by atoms with Crippen LogP contribution in [-0.2, 0) is 9.53 Å². The molecule has 4 nitrogen and oxygen atoms in total. The predicted molar refractivity (Wildman–Crippen MR) is 57.0 cm³/mol. The molecular weight excluding hydrogens is 180 g/mol. The number of hydrogen-bond donors (Lipinski definition) is 2. The average Bonchev–Trinajstić information content (AvgIpc) is 2.09. The summed E-state index contributed by atoms with van der Waals surface area (Å²) in [7, 11) is 0. The zero-order valence-electron chi connectivity index (χ0n) is 9.43. The SMILES string of the molecule is CCCCOCCNC(=O)C(C)(C)N. The molecule has 0 aromatic carbocycles. The third kappa shape index (κ3) is 6.86. The van der Waals surface area contributed by atoms with Gasteiger partial charge in [-0.15, -0.1) is 0 Å². The van der Waals surface area contributed by atoms with Crippen molar-refractivity contribution in [2.24, 2.45) is 5.73 Å². The Kier molecular flexibility index (Phi) is 6.49. The number of carbonyl (C=O) groups is 1. The van der Waals surface area contributed by atoms with E-state index in [1.165, 1.54) is 0 Å². The van der Waals surface area contributed by atoms with Crippen LogP contribution in [0.2, 0.25) is 0 Å². The zero-order valence-corrected chi connectivity index (χ0v) is 9.43. The largest absolute Gasteiger partial charge is 0.380 e. The number of nitrogens with one attached hydrogen (secondary N) is 1. The highest BCUT2D eigenvalue weighted by atomic mass is 16.5. The second-order valence-corrected chi connectivity index (χ2v) is 3.94. The van der Waals surface area contributed by atoms with Crippen LogP contribution in [0.15, 0.2) is 0 Å². The Morgan fingerprint density at radius 3 is 2.57 bits per heavy atom. The van der Waals surface area contributed by atoms with Crippen LogP contribution in [-0.4, -0.2) is 31.2 Å². The molecule has 14 heavy (non-hydrogen) atoms. The molecule has 3 N–H and O–H groups in total. The van der Waals surface area contributed by atoms with Gasteiger partial charge in [0.05, 0.1) is 12.1 Å². The molecule has 0 fully saturated rings. The number of carbonyl (C=O) groups excluding carboxylic acids is 1. The number of hydrogen-bond acceptors (Lipinski definition) is 3. The lowest BCUT2D eigenvalue weighted by Gasteiger charge is -2.17. The van der Waals surface area contributed by atoms with E-state index in [2.05, 4.69) is 12.2 Å². The first-order valence-corrected chi connectivity index (χ1v) is 5.13. The number of amides is 1. The van der Waals surface area contributed by atoms with E-state index in [0.717, 1.165) is 19.4 Å². The highest BCUT2D eigenvalue weighted by molar-refractivity contribution is 5.84. The Labute approximate surface area is 86.2 Å². The number of nitrogens with two attached hydrogens (primary N) is 1. The molecule has 0 atom stereocenters. The molecule has 0 unspecified atom stereocenters. The summed E-state index contributed by atoms with van der Waals surface area (Å²) in [6.45, 7) is 7.33. The summed E-state index contributed by atoms with van der Waals surface area (Å²) in [5.74, 6) is -0.142. The monoisotopic (exact) mass is 202 g/mol. The van der Waals surface area contributed by atoms with Gasteiger partial charge >= 0.3 is 0 Å². The van der Waals surface area contributed by atoms with Gasteiger partial charge in [-0.3, -0.25) is 4.79 Å². The minimum atomic E-state index is -0.802. The van der Waals surface area contributed by atoms with Crippen LogP contribution in [0.3, 0.4) is 0 Å². The molecule has 0 saturated heterocycles. The van der Waals surface area contributed by atoms with E-state index in [1.54, 1.807) is 13.8 Å². The molecule has 0 spiro atoms. The van der Waals surface area contributed by atoms with Crippen molar-refractivity contribution in [3.63, 3.8) is 0 Å². The lowest BCUT2D eigenvalue weighted by atomic mass is 10.1. The molecule has 0 radical (unpaired) electrons. The van der Waals surface area contributed by atoms with Crippen molar-refractivity contribution in [1.29, 1.82) is 0 Å². The second-order valence-electron chi connectivity index (χ2n) is 3.94. The third-order valence-corrected chi connectivity index (χ3v) is 1.76. The van der Waals surface area contributed by atoms with E-state index in [9.17, 15) is 4.79 Å². The molecular formula is C10H22N2O2. The maximum atomic E-state index is 11.3. The van der Waals surface area contributed by atoms with Crippen molar-refractivity contribution in [2.75, 3.05) is 19.8 Å². The molecule has 0 aliphatic rings. The molecule has 84 valence electrons. The average molecular weight is 202 g/mol. The van der Waals surface area contributed by atoms with Crippen molar-refractivity contribution in [3.05, 3.63) is 0 Å². The molecule has 0 bridgehead atoms. The van der Waals surface area contributed by atoms with Gasteiger partial charge in [-0.05, 0) is 20.3 Å². The van der Waals surface area contributed by atoms with Crippen LogP contribution in [0.25, 0.3) is 0 Å². The summed E-state index contributed by atoms with van der Waals surface area (Å²) in [6.07, 6.45) is 2.19. The van der Waals surface area contributed by atoms with Crippen molar-refractivity contribution in [3.8, 4) is 0 Å². The van der Waals surface area contributed by atoms with Crippen LogP contribution >= 0.6 is 0 Å². The van der Waals surface area contributed by atoms with Gasteiger partial charge in [0, 0.05) is 13.2 Å². The normalized spacial score (nSPS) is 11.4. The van der Waals surface area contributed by atoms with Gasteiger partial charge in [0.15, 0.2) is 0 Å². The Bertz CT molecular complexity index is 164. The fraction of sp³-hybridized carbons (Fsp3) is 0.900. The number of rotatable bonds is 7. The van der Waals surface area contributed by atoms with Gasteiger partial charge in [-0.2, -0.15) is 0 Å². The third-order valence-electron chi connectivity index (χ3n) is 1.76. The molecule has 0 aromatic heterocycles. The van der Waals surface area contributed by atoms with Crippen LogP contribution in [0.1, 0.15) is 33.6 Å². The van der Waals surface area contributed by atoms with Crippen LogP contribution in [0.4, 0.5) is 0 Å². The highest BCUT2D eigenvalue weighted by Crippen LogP contribution is 1.94. The molecule has 0 aromatic rings. The van der Waals surface area contributed by atoms with Gasteiger partial charge in [0.2, 0.25) is 5.91 Å². The standard InChI is InChI=1S/C10H22N2O2/c1-4-5-7-14-8-6-12-9(13)10(2,3)11/h4-8,11H2,1-3H3,(H,12,13). The van der Waals surface area contributed by atoms with Crippen molar-refractivity contribution < 1.29 is 9.53 Å². The first-order valence-electron chi connectivity index (χ1n) is 5.13. The first kappa shape index (κ1) is 13.4. The highest BCUT2D eigenvalue weighted by Gasteiger charge is 2.20. The zero-order chi connectivity index (χ0) is 11.0. The van der Waals surface area contributed by atoms with Gasteiger partial charge in [0.25, 0.3) is 0 Å². The Hall–Kier alpha value is -0.610. The number of unbranched alkanes of at least 4 members (excludes halogenated alkanes) is 1. The maximum absolute atomic E-state index is 11.3. The van der Waals surface area contributed by atoms with E-state index >= 15 is 0 Å². The summed E-state index contributed by atoms with van der Waals surface area (Å²) < 4.78 is 5.28. The lowest BCUT2D eigenvalue weighted by molar-refractivity contribution is -0.125. The Balaban J connectivity index is 3.33. The van der Waals surface area contributed by atoms with E-state index in [4.69, 9.17) is 10.5 Å². The predicted octanol–water partition coefficient (Wildman–Crippen LogP) is 0.657. The summed E-state index contributed by atoms with van der Waals surface area (Å²) in [4.78, 5) is 11.3. The molecule has 0 heterocycles. The van der Waals surface area contributed by atoms with E-state index < -0.39 is 5.54 Å². The number of ether oxygens (including phenoxy) is 1. The topological polar surface area (TPSA) is 64.3 Å². The van der Waals surface area contributed by atoms with Crippen molar-refractivity contribution in [2.45, 2.75) is 39.2 Å².